The molecule has 0 bridgehead atoms. The molecule has 1 aliphatic rings. The van der Waals surface area contributed by atoms with E-state index in [2.05, 4.69) is 20.1 Å². The molecule has 2 heterocycles. The third-order valence-electron chi connectivity index (χ3n) is 4.02. The fourth-order valence-electron chi connectivity index (χ4n) is 2.94. The van der Waals surface area contributed by atoms with E-state index >= 15 is 0 Å². The van der Waals surface area contributed by atoms with Crippen LogP contribution in [0.1, 0.15) is 42.3 Å². The van der Waals surface area contributed by atoms with Crippen LogP contribution in [0, 0.1) is 17.1 Å². The molecule has 1 saturated heterocycles. The number of nitrogens with zero attached hydrogens (tertiary/aromatic N) is 3. The molecule has 2 aromatic rings. The molecule has 1 fully saturated rings. The smallest absolute Gasteiger partial charge is 0.292 e. The number of nitrogens with one attached hydrogen (secondary N) is 2. The Balaban J connectivity index is 1.86. The molecule has 1 atom stereocenters. The van der Waals surface area contributed by atoms with E-state index in [0.717, 1.165) is 25.8 Å². The molecule has 3 rings (SSSR count). The Hall–Kier alpha value is -2.46. The maximum atomic E-state index is 14.2. The molecule has 0 radical (unpaired) electrons. The highest BCUT2D eigenvalue weighted by atomic mass is 19.1. The molecule has 6 nitrogen and oxygen atoms in total. The second kappa shape index (κ2) is 6.12. The van der Waals surface area contributed by atoms with Gasteiger partial charge in [0.05, 0.1) is 11.6 Å². The molecule has 0 saturated carbocycles. The van der Waals surface area contributed by atoms with Gasteiger partial charge in [0.25, 0.3) is 0 Å². The lowest BCUT2D eigenvalue weighted by Crippen LogP contribution is -2.34. The average molecular weight is 301 g/mol. The van der Waals surface area contributed by atoms with Crippen LogP contribution in [0.3, 0.4) is 0 Å². The lowest BCUT2D eigenvalue weighted by atomic mass is 10.00. The summed E-state index contributed by atoms with van der Waals surface area (Å²) in [5.74, 6) is 0.117. The van der Waals surface area contributed by atoms with Gasteiger partial charge in [-0.05, 0) is 25.5 Å². The van der Waals surface area contributed by atoms with Crippen LogP contribution in [-0.2, 0) is 6.54 Å². The van der Waals surface area contributed by atoms with Crippen LogP contribution in [-0.4, -0.2) is 26.6 Å². The monoisotopic (exact) mass is 301 g/mol. The second-order valence-electron chi connectivity index (χ2n) is 5.44. The first-order chi connectivity index (χ1) is 10.7. The quantitative estimate of drug-likeness (QED) is 0.905. The normalized spacial score (nSPS) is 19.0. The fraction of sp³-hybridized carbons (Fsp3) is 0.400. The van der Waals surface area contributed by atoms with Crippen LogP contribution in [0.25, 0.3) is 0 Å². The van der Waals surface area contributed by atoms with E-state index < -0.39 is 5.82 Å². The van der Waals surface area contributed by atoms with Crippen molar-refractivity contribution in [1.82, 2.24) is 20.1 Å². The number of hydrogen-bond donors (Lipinski definition) is 2. The summed E-state index contributed by atoms with van der Waals surface area (Å²) in [6.07, 6.45) is 2.92. The second-order valence-corrected chi connectivity index (χ2v) is 5.44. The minimum absolute atomic E-state index is 0.0437. The average Bonchev–Trinajstić information content (AvgIpc) is 2.96. The van der Waals surface area contributed by atoms with E-state index in [4.69, 9.17) is 5.26 Å². The predicted octanol–water partition coefficient (Wildman–Crippen LogP) is 1.84. The van der Waals surface area contributed by atoms with Gasteiger partial charge in [-0.1, -0.05) is 18.6 Å². The standard InChI is InChI=1S/C15H16FN5O/c16-13-10(8-17)4-3-5-11(13)9-21-7-2-1-6-12(21)14-18-15(22)20-19-14/h3-5,12H,1-2,6-7,9H2,(H2,18,19,20,22). The van der Waals surface area contributed by atoms with E-state index in [0.29, 0.717) is 17.9 Å². The van der Waals surface area contributed by atoms with E-state index in [-0.39, 0.29) is 17.3 Å². The van der Waals surface area contributed by atoms with E-state index in [1.54, 1.807) is 12.1 Å². The number of halogens is 1. The van der Waals surface area contributed by atoms with Gasteiger partial charge in [0.1, 0.15) is 17.7 Å². The zero-order valence-corrected chi connectivity index (χ0v) is 12.0. The van der Waals surface area contributed by atoms with Gasteiger partial charge in [0, 0.05) is 12.1 Å². The minimum Gasteiger partial charge on any atom is -0.292 e. The number of aromatic nitrogens is 3. The third kappa shape index (κ3) is 2.78. The summed E-state index contributed by atoms with van der Waals surface area (Å²) in [5.41, 5.74) is 0.209. The van der Waals surface area contributed by atoms with Crippen molar-refractivity contribution in [3.8, 4) is 6.07 Å². The molecule has 1 unspecified atom stereocenters. The maximum absolute atomic E-state index is 14.2. The fourth-order valence-corrected chi connectivity index (χ4v) is 2.94. The van der Waals surface area contributed by atoms with Crippen LogP contribution in [0.2, 0.25) is 0 Å². The highest BCUT2D eigenvalue weighted by Crippen LogP contribution is 2.30. The van der Waals surface area contributed by atoms with Gasteiger partial charge in [-0.2, -0.15) is 10.4 Å². The lowest BCUT2D eigenvalue weighted by Gasteiger charge is -2.34. The van der Waals surface area contributed by atoms with Gasteiger partial charge >= 0.3 is 5.69 Å². The summed E-state index contributed by atoms with van der Waals surface area (Å²) >= 11 is 0. The van der Waals surface area contributed by atoms with Gasteiger partial charge in [-0.15, -0.1) is 0 Å². The van der Waals surface area contributed by atoms with Crippen molar-refractivity contribution in [2.75, 3.05) is 6.54 Å². The third-order valence-corrected chi connectivity index (χ3v) is 4.02. The van der Waals surface area contributed by atoms with Crippen LogP contribution in [0.15, 0.2) is 23.0 Å². The van der Waals surface area contributed by atoms with Gasteiger partial charge in [-0.3, -0.25) is 9.88 Å². The van der Waals surface area contributed by atoms with Gasteiger partial charge in [0.15, 0.2) is 0 Å². The van der Waals surface area contributed by atoms with Crippen molar-refractivity contribution < 1.29 is 4.39 Å². The van der Waals surface area contributed by atoms with E-state index in [9.17, 15) is 9.18 Å². The van der Waals surface area contributed by atoms with Gasteiger partial charge < -0.3 is 0 Å². The largest absolute Gasteiger partial charge is 0.340 e. The summed E-state index contributed by atoms with van der Waals surface area (Å²) in [6, 6.07) is 6.66. The number of H-pyrrole nitrogens is 2. The zero-order valence-electron chi connectivity index (χ0n) is 12.0. The van der Waals surface area contributed by atoms with Crippen molar-refractivity contribution in [3.63, 3.8) is 0 Å². The maximum Gasteiger partial charge on any atom is 0.340 e. The Morgan fingerprint density at radius 2 is 2.32 bits per heavy atom. The number of nitriles is 1. The Bertz CT molecular complexity index is 760. The van der Waals surface area contributed by atoms with Crippen molar-refractivity contribution in [2.45, 2.75) is 31.8 Å². The first-order valence-corrected chi connectivity index (χ1v) is 7.25. The highest BCUT2D eigenvalue weighted by Gasteiger charge is 2.27. The highest BCUT2D eigenvalue weighted by molar-refractivity contribution is 5.35. The summed E-state index contributed by atoms with van der Waals surface area (Å²) < 4.78 is 14.2. The summed E-state index contributed by atoms with van der Waals surface area (Å²) in [5, 5.41) is 15.3. The number of piperidine rings is 1. The number of hydrogen-bond acceptors (Lipinski definition) is 4. The molecular weight excluding hydrogens is 285 g/mol. The first-order valence-electron chi connectivity index (χ1n) is 7.25. The molecular formula is C15H16FN5O. The molecule has 0 aliphatic carbocycles. The van der Waals surface area contributed by atoms with Crippen LogP contribution >= 0.6 is 0 Å². The van der Waals surface area contributed by atoms with Crippen molar-refractivity contribution in [1.29, 1.82) is 5.26 Å². The lowest BCUT2D eigenvalue weighted by molar-refractivity contribution is 0.132. The van der Waals surface area contributed by atoms with E-state index in [1.165, 1.54) is 6.07 Å². The van der Waals surface area contributed by atoms with Crippen LogP contribution < -0.4 is 5.69 Å². The number of likely N-dealkylation sites (tertiary alicyclic amines) is 1. The van der Waals surface area contributed by atoms with Crippen molar-refractivity contribution in [3.05, 3.63) is 51.5 Å². The Labute approximate surface area is 126 Å². The summed E-state index contributed by atoms with van der Waals surface area (Å²) in [6.45, 7) is 1.19. The molecule has 2 N–H and O–H groups in total. The van der Waals surface area contributed by atoms with Crippen LogP contribution in [0.4, 0.5) is 4.39 Å². The molecule has 1 aliphatic heterocycles. The SMILES string of the molecule is N#Cc1cccc(CN2CCCCC2c2n[nH]c(=O)[nH]2)c1F. The molecule has 0 amide bonds. The number of aromatic amines is 2. The van der Waals surface area contributed by atoms with Gasteiger partial charge in [-0.25, -0.2) is 14.3 Å². The van der Waals surface area contributed by atoms with Crippen molar-refractivity contribution >= 4 is 0 Å². The van der Waals surface area contributed by atoms with Crippen LogP contribution in [0.5, 0.6) is 0 Å². The van der Waals surface area contributed by atoms with Crippen molar-refractivity contribution in [2.24, 2.45) is 0 Å². The van der Waals surface area contributed by atoms with E-state index in [1.807, 2.05) is 6.07 Å². The minimum atomic E-state index is -0.468. The molecule has 22 heavy (non-hydrogen) atoms. The predicted molar refractivity (Wildman–Crippen MR) is 77.3 cm³/mol. The topological polar surface area (TPSA) is 88.6 Å². The number of benzene rings is 1. The van der Waals surface area contributed by atoms with Gasteiger partial charge in [0.2, 0.25) is 0 Å². The summed E-state index contributed by atoms with van der Waals surface area (Å²) in [7, 11) is 0. The molecule has 1 aromatic carbocycles. The Morgan fingerprint density at radius 1 is 1.45 bits per heavy atom. The Kier molecular flexibility index (Phi) is 4.02. The summed E-state index contributed by atoms with van der Waals surface area (Å²) in [4.78, 5) is 16.0. The molecule has 1 aromatic heterocycles. The Morgan fingerprint density at radius 3 is 3.05 bits per heavy atom. The zero-order chi connectivity index (χ0) is 15.5. The molecule has 114 valence electrons. The first kappa shape index (κ1) is 14.5. The molecule has 7 heteroatoms. The molecule has 0 spiro atoms. The number of rotatable bonds is 3.